The van der Waals surface area contributed by atoms with Gasteiger partial charge in [0.15, 0.2) is 5.78 Å². The number of benzene rings is 1. The van der Waals surface area contributed by atoms with Crippen LogP contribution in [0.25, 0.3) is 0 Å². The molecule has 0 bridgehead atoms. The molecule has 0 N–H and O–H groups in total. The van der Waals surface area contributed by atoms with E-state index in [-0.39, 0.29) is 24.2 Å². The van der Waals surface area contributed by atoms with Crippen LogP contribution in [-0.2, 0) is 4.79 Å². The topological polar surface area (TPSA) is 77.3 Å². The number of rotatable bonds is 5. The quantitative estimate of drug-likeness (QED) is 0.469. The van der Waals surface area contributed by atoms with E-state index in [1.807, 2.05) is 0 Å². The molecule has 0 saturated carbocycles. The predicted octanol–water partition coefficient (Wildman–Crippen LogP) is 2.94. The van der Waals surface area contributed by atoms with Gasteiger partial charge in [-0.3, -0.25) is 14.9 Å². The molecular weight excluding hydrogens is 265 g/mol. The van der Waals surface area contributed by atoms with Crippen LogP contribution in [0.2, 0.25) is 5.02 Å². The number of hydrogen-bond donors (Lipinski definition) is 0. The lowest BCUT2D eigenvalue weighted by molar-refractivity contribution is -0.385. The van der Waals surface area contributed by atoms with Crippen molar-refractivity contribution in [2.75, 3.05) is 0 Å². The van der Waals surface area contributed by atoms with E-state index in [4.69, 9.17) is 11.6 Å². The Morgan fingerprint density at radius 1 is 1.39 bits per heavy atom. The first-order chi connectivity index (χ1) is 8.32. The van der Waals surface area contributed by atoms with Crippen LogP contribution in [0, 0.1) is 15.9 Å². The van der Waals surface area contributed by atoms with Gasteiger partial charge in [-0.2, -0.15) is 0 Å². The molecule has 0 fully saturated rings. The minimum absolute atomic E-state index is 0.0144. The maximum atomic E-state index is 13.3. The van der Waals surface area contributed by atoms with Crippen LogP contribution in [0.4, 0.5) is 10.1 Å². The van der Waals surface area contributed by atoms with Crippen molar-refractivity contribution in [1.29, 1.82) is 0 Å². The minimum atomic E-state index is -1.03. The number of carbonyl (C=O) groups excluding carboxylic acids is 2. The van der Waals surface area contributed by atoms with Gasteiger partial charge in [0.1, 0.15) is 11.6 Å². The summed E-state index contributed by atoms with van der Waals surface area (Å²) in [6.45, 7) is 1.31. The molecule has 18 heavy (non-hydrogen) atoms. The Bertz CT molecular complexity index is 530. The highest BCUT2D eigenvalue weighted by Crippen LogP contribution is 2.27. The lowest BCUT2D eigenvalue weighted by Crippen LogP contribution is -2.05. The van der Waals surface area contributed by atoms with E-state index in [9.17, 15) is 24.1 Å². The van der Waals surface area contributed by atoms with Gasteiger partial charge in [0.25, 0.3) is 5.69 Å². The second-order valence-corrected chi connectivity index (χ2v) is 4.05. The molecule has 1 aromatic carbocycles. The standard InChI is InChI=1S/C11H9ClFNO4/c1-6(15)2-3-10(16)8-4-7(14(17)18)5-9(13)11(8)12/h4-5H,2-3H2,1H3. The van der Waals surface area contributed by atoms with E-state index in [0.29, 0.717) is 6.07 Å². The second kappa shape index (κ2) is 5.68. The van der Waals surface area contributed by atoms with Gasteiger partial charge < -0.3 is 4.79 Å². The molecule has 0 spiro atoms. The summed E-state index contributed by atoms with van der Waals surface area (Å²) >= 11 is 5.58. The SMILES string of the molecule is CC(=O)CCC(=O)c1cc([N+](=O)[O-])cc(F)c1Cl. The van der Waals surface area contributed by atoms with Crippen molar-refractivity contribution in [3.63, 3.8) is 0 Å². The molecule has 0 radical (unpaired) electrons. The number of nitro groups is 1. The van der Waals surface area contributed by atoms with Gasteiger partial charge in [0, 0.05) is 24.5 Å². The van der Waals surface area contributed by atoms with E-state index in [1.165, 1.54) is 6.92 Å². The van der Waals surface area contributed by atoms with Crippen molar-refractivity contribution >= 4 is 28.9 Å². The average Bonchev–Trinajstić information content (AvgIpc) is 2.29. The van der Waals surface area contributed by atoms with Crippen LogP contribution >= 0.6 is 11.6 Å². The maximum Gasteiger partial charge on any atom is 0.273 e. The number of carbonyl (C=O) groups is 2. The third kappa shape index (κ3) is 3.33. The predicted molar refractivity (Wildman–Crippen MR) is 62.3 cm³/mol. The molecule has 1 aromatic rings. The summed E-state index contributed by atoms with van der Waals surface area (Å²) in [6, 6.07) is 1.55. The molecule has 1 rings (SSSR count). The zero-order valence-corrected chi connectivity index (χ0v) is 10.2. The molecule has 7 heteroatoms. The zero-order valence-electron chi connectivity index (χ0n) is 9.41. The first-order valence-electron chi connectivity index (χ1n) is 4.99. The van der Waals surface area contributed by atoms with Crippen molar-refractivity contribution in [3.8, 4) is 0 Å². The molecule has 96 valence electrons. The van der Waals surface area contributed by atoms with E-state index in [0.717, 1.165) is 6.07 Å². The van der Waals surface area contributed by atoms with E-state index in [1.54, 1.807) is 0 Å². The van der Waals surface area contributed by atoms with E-state index >= 15 is 0 Å². The number of nitrogens with zero attached hydrogens (tertiary/aromatic N) is 1. The normalized spacial score (nSPS) is 10.2. The maximum absolute atomic E-state index is 13.3. The van der Waals surface area contributed by atoms with Gasteiger partial charge in [-0.25, -0.2) is 4.39 Å². The van der Waals surface area contributed by atoms with Gasteiger partial charge in [0.05, 0.1) is 16.0 Å². The summed E-state index contributed by atoms with van der Waals surface area (Å²) in [6.07, 6.45) is -0.171. The number of halogens is 2. The monoisotopic (exact) mass is 273 g/mol. The first-order valence-corrected chi connectivity index (χ1v) is 5.36. The highest BCUT2D eigenvalue weighted by Gasteiger charge is 2.20. The fraction of sp³-hybridized carbons (Fsp3) is 0.273. The Balaban J connectivity index is 3.10. The molecular formula is C11H9ClFNO4. The summed E-state index contributed by atoms with van der Waals surface area (Å²) in [4.78, 5) is 32.1. The minimum Gasteiger partial charge on any atom is -0.300 e. The number of nitro benzene ring substituents is 1. The molecule has 0 aromatic heterocycles. The summed E-state index contributed by atoms with van der Waals surface area (Å²) in [5.74, 6) is -1.83. The van der Waals surface area contributed by atoms with E-state index in [2.05, 4.69) is 0 Å². The van der Waals surface area contributed by atoms with Crippen molar-refractivity contribution < 1.29 is 18.9 Å². The van der Waals surface area contributed by atoms with Crippen LogP contribution in [0.5, 0.6) is 0 Å². The zero-order chi connectivity index (χ0) is 13.9. The fourth-order valence-electron chi connectivity index (χ4n) is 1.31. The van der Waals surface area contributed by atoms with Crippen LogP contribution in [-0.4, -0.2) is 16.5 Å². The Labute approximate surface area is 107 Å². The molecule has 0 unspecified atom stereocenters. The molecule has 0 heterocycles. The first kappa shape index (κ1) is 14.2. The molecule has 5 nitrogen and oxygen atoms in total. The highest BCUT2D eigenvalue weighted by atomic mass is 35.5. The van der Waals surface area contributed by atoms with Crippen molar-refractivity contribution in [3.05, 3.63) is 38.7 Å². The van der Waals surface area contributed by atoms with Crippen LogP contribution < -0.4 is 0 Å². The third-order valence-corrected chi connectivity index (χ3v) is 2.61. The van der Waals surface area contributed by atoms with Gasteiger partial charge in [-0.15, -0.1) is 0 Å². The van der Waals surface area contributed by atoms with Crippen LogP contribution in [0.3, 0.4) is 0 Å². The summed E-state index contributed by atoms with van der Waals surface area (Å²) in [5.41, 5.74) is -0.826. The largest absolute Gasteiger partial charge is 0.300 e. The second-order valence-electron chi connectivity index (χ2n) is 3.67. The summed E-state index contributed by atoms with van der Waals surface area (Å²) in [7, 11) is 0. The lowest BCUT2D eigenvalue weighted by Gasteiger charge is -2.04. The average molecular weight is 274 g/mol. The van der Waals surface area contributed by atoms with Gasteiger partial charge in [-0.05, 0) is 6.92 Å². The van der Waals surface area contributed by atoms with Gasteiger partial charge in [-0.1, -0.05) is 11.6 Å². The Hall–Kier alpha value is -1.82. The summed E-state index contributed by atoms with van der Waals surface area (Å²) < 4.78 is 13.3. The molecule has 0 atom stereocenters. The molecule has 0 amide bonds. The van der Waals surface area contributed by atoms with Crippen molar-refractivity contribution in [2.45, 2.75) is 19.8 Å². The number of ketones is 2. The molecule has 0 saturated heterocycles. The lowest BCUT2D eigenvalue weighted by atomic mass is 10.0. The molecule has 0 aliphatic carbocycles. The molecule has 0 aliphatic rings. The number of Topliss-reactive ketones (excluding diaryl/α,β-unsaturated/α-hetero) is 2. The number of non-ortho nitro benzene ring substituents is 1. The smallest absolute Gasteiger partial charge is 0.273 e. The van der Waals surface area contributed by atoms with Gasteiger partial charge in [0.2, 0.25) is 0 Å². The Kier molecular flexibility index (Phi) is 4.49. The van der Waals surface area contributed by atoms with Crippen molar-refractivity contribution in [1.82, 2.24) is 0 Å². The van der Waals surface area contributed by atoms with E-state index < -0.39 is 27.2 Å². The van der Waals surface area contributed by atoms with Crippen molar-refractivity contribution in [2.24, 2.45) is 0 Å². The third-order valence-electron chi connectivity index (χ3n) is 2.23. The summed E-state index contributed by atoms with van der Waals surface area (Å²) in [5, 5.41) is 10.1. The van der Waals surface area contributed by atoms with Gasteiger partial charge >= 0.3 is 0 Å². The van der Waals surface area contributed by atoms with Crippen LogP contribution in [0.1, 0.15) is 30.1 Å². The Morgan fingerprint density at radius 3 is 2.50 bits per heavy atom. The number of hydrogen-bond acceptors (Lipinski definition) is 4. The fourth-order valence-corrected chi connectivity index (χ4v) is 1.52. The van der Waals surface area contributed by atoms with Crippen LogP contribution in [0.15, 0.2) is 12.1 Å². The molecule has 0 aliphatic heterocycles. The Morgan fingerprint density at radius 2 is 2.00 bits per heavy atom. The highest BCUT2D eigenvalue weighted by molar-refractivity contribution is 6.34.